The highest BCUT2D eigenvalue weighted by Crippen LogP contribution is 2.25. The highest BCUT2D eigenvalue weighted by Gasteiger charge is 2.09. The van der Waals surface area contributed by atoms with Crippen molar-refractivity contribution in [3.63, 3.8) is 0 Å². The number of nitrogens with zero attached hydrogens (tertiary/aromatic N) is 3. The fraction of sp³-hybridized carbons (Fsp3) is 0.150. The second-order valence-electron chi connectivity index (χ2n) is 6.14. The third kappa shape index (κ3) is 5.77. The first-order valence-corrected chi connectivity index (χ1v) is 9.22. The molecule has 3 aromatic rings. The quantitative estimate of drug-likeness (QED) is 0.352. The molecule has 0 spiro atoms. The number of hydrogen-bond acceptors (Lipinski definition) is 7. The second-order valence-corrected chi connectivity index (χ2v) is 6.53. The number of halogens is 3. The van der Waals surface area contributed by atoms with Gasteiger partial charge in [0.1, 0.15) is 11.4 Å². The maximum Gasteiger partial charge on any atom is 0.387 e. The van der Waals surface area contributed by atoms with Crippen molar-refractivity contribution < 1.29 is 13.5 Å². The van der Waals surface area contributed by atoms with Gasteiger partial charge < -0.3 is 21.1 Å². The Hall–Kier alpha value is -3.46. The van der Waals surface area contributed by atoms with Gasteiger partial charge in [-0.3, -0.25) is 4.99 Å². The van der Waals surface area contributed by atoms with Crippen LogP contribution in [0.25, 0.3) is 0 Å². The minimum atomic E-state index is -2.87. The number of benzene rings is 2. The number of anilines is 4. The molecule has 0 amide bonds. The number of rotatable bonds is 8. The van der Waals surface area contributed by atoms with Crippen LogP contribution in [0.15, 0.2) is 53.5 Å². The number of aromatic nitrogens is 2. The van der Waals surface area contributed by atoms with Gasteiger partial charge in [-0.2, -0.15) is 13.9 Å². The lowest BCUT2D eigenvalue weighted by molar-refractivity contribution is -0.0498. The zero-order valence-corrected chi connectivity index (χ0v) is 16.7. The van der Waals surface area contributed by atoms with Gasteiger partial charge in [0.25, 0.3) is 0 Å². The summed E-state index contributed by atoms with van der Waals surface area (Å²) in [6.45, 7) is -2.52. The zero-order valence-electron chi connectivity index (χ0n) is 15.9. The van der Waals surface area contributed by atoms with E-state index in [1.807, 2.05) is 12.1 Å². The minimum Gasteiger partial charge on any atom is -0.435 e. The van der Waals surface area contributed by atoms with Crippen molar-refractivity contribution in [2.75, 3.05) is 23.4 Å². The van der Waals surface area contributed by atoms with E-state index in [0.29, 0.717) is 29.3 Å². The van der Waals surface area contributed by atoms with Crippen LogP contribution in [0.2, 0.25) is 5.15 Å². The van der Waals surface area contributed by atoms with E-state index in [1.165, 1.54) is 12.1 Å². The summed E-state index contributed by atoms with van der Waals surface area (Å²) in [7, 11) is 1.67. The summed E-state index contributed by atoms with van der Waals surface area (Å²) in [5.41, 5.74) is 10.1. The molecule has 30 heavy (non-hydrogen) atoms. The molecular weight excluding hydrogens is 414 g/mol. The fourth-order valence-electron chi connectivity index (χ4n) is 2.63. The molecule has 3 rings (SSSR count). The van der Waals surface area contributed by atoms with Crippen LogP contribution in [0.3, 0.4) is 0 Å². The molecule has 0 radical (unpaired) electrons. The molecule has 156 valence electrons. The van der Waals surface area contributed by atoms with E-state index in [1.54, 1.807) is 37.5 Å². The van der Waals surface area contributed by atoms with Crippen molar-refractivity contribution in [3.05, 3.63) is 64.9 Å². The van der Waals surface area contributed by atoms with E-state index in [-0.39, 0.29) is 10.9 Å². The van der Waals surface area contributed by atoms with Crippen LogP contribution in [0, 0.1) is 0 Å². The lowest BCUT2D eigenvalue weighted by atomic mass is 10.1. The van der Waals surface area contributed by atoms with E-state index in [0.717, 1.165) is 11.3 Å². The molecule has 1 heterocycles. The van der Waals surface area contributed by atoms with Crippen LogP contribution in [0.1, 0.15) is 11.3 Å². The summed E-state index contributed by atoms with van der Waals surface area (Å²) in [5.74, 6) is 0.0677. The Morgan fingerprint density at radius 1 is 1.13 bits per heavy atom. The molecule has 2 aromatic carbocycles. The number of hydrogen-bond donors (Lipinski definition) is 3. The first-order valence-electron chi connectivity index (χ1n) is 8.84. The summed E-state index contributed by atoms with van der Waals surface area (Å²) < 4.78 is 28.9. The van der Waals surface area contributed by atoms with Gasteiger partial charge in [0.05, 0.1) is 12.2 Å². The van der Waals surface area contributed by atoms with Crippen molar-refractivity contribution in [2.45, 2.75) is 13.2 Å². The molecule has 0 aliphatic rings. The predicted octanol–water partition coefficient (Wildman–Crippen LogP) is 4.72. The standard InChI is InChI=1S/C20H19ClF2N6O/c1-25-10-12-8-14(4-7-16(12)24)26-11-18-17(9-19(21)29-28-18)27-13-2-5-15(6-3-13)30-20(22)23/h2-10,20,26H,11,24H2,1H3,(H,27,29). The van der Waals surface area contributed by atoms with E-state index < -0.39 is 6.61 Å². The summed E-state index contributed by atoms with van der Waals surface area (Å²) in [5, 5.41) is 14.7. The molecule has 1 aromatic heterocycles. The van der Waals surface area contributed by atoms with Crippen molar-refractivity contribution in [3.8, 4) is 5.75 Å². The number of nitrogens with one attached hydrogen (secondary N) is 2. The molecule has 10 heteroatoms. The SMILES string of the molecule is CN=Cc1cc(NCc2nnc(Cl)cc2Nc2ccc(OC(F)F)cc2)ccc1N. The Bertz CT molecular complexity index is 1030. The maximum absolute atomic E-state index is 12.3. The van der Waals surface area contributed by atoms with Crippen LogP contribution in [0.4, 0.5) is 31.5 Å². The summed E-state index contributed by atoms with van der Waals surface area (Å²) in [4.78, 5) is 3.99. The molecule has 0 aliphatic carbocycles. The molecule has 0 atom stereocenters. The van der Waals surface area contributed by atoms with Crippen molar-refractivity contribution in [2.24, 2.45) is 4.99 Å². The largest absolute Gasteiger partial charge is 0.435 e. The van der Waals surface area contributed by atoms with Crippen molar-refractivity contribution in [1.82, 2.24) is 10.2 Å². The first-order chi connectivity index (χ1) is 14.4. The number of nitrogens with two attached hydrogens (primary N) is 1. The summed E-state index contributed by atoms with van der Waals surface area (Å²) >= 11 is 5.99. The third-order valence-corrected chi connectivity index (χ3v) is 4.20. The van der Waals surface area contributed by atoms with Gasteiger partial charge >= 0.3 is 6.61 Å². The van der Waals surface area contributed by atoms with E-state index >= 15 is 0 Å². The Balaban J connectivity index is 1.75. The molecule has 0 fully saturated rings. The molecule has 0 unspecified atom stereocenters. The van der Waals surface area contributed by atoms with Crippen LogP contribution in [-0.4, -0.2) is 30.1 Å². The average Bonchev–Trinajstić information content (AvgIpc) is 2.71. The van der Waals surface area contributed by atoms with Gasteiger partial charge in [0.2, 0.25) is 0 Å². The maximum atomic E-state index is 12.3. The number of aliphatic imine (C=N–C) groups is 1. The molecule has 0 bridgehead atoms. The van der Waals surface area contributed by atoms with Crippen LogP contribution in [0.5, 0.6) is 5.75 Å². The van der Waals surface area contributed by atoms with E-state index in [2.05, 4.69) is 30.6 Å². The average molecular weight is 433 g/mol. The van der Waals surface area contributed by atoms with Crippen LogP contribution in [-0.2, 0) is 6.54 Å². The van der Waals surface area contributed by atoms with Gasteiger partial charge in [-0.25, -0.2) is 0 Å². The predicted molar refractivity (Wildman–Crippen MR) is 115 cm³/mol. The lowest BCUT2D eigenvalue weighted by Gasteiger charge is -2.13. The fourth-order valence-corrected chi connectivity index (χ4v) is 2.78. The monoisotopic (exact) mass is 432 g/mol. The van der Waals surface area contributed by atoms with Gasteiger partial charge in [0.15, 0.2) is 5.15 Å². The normalized spacial score (nSPS) is 11.1. The number of ether oxygens (including phenoxy) is 1. The molecular formula is C20H19ClF2N6O. The minimum absolute atomic E-state index is 0.0677. The van der Waals surface area contributed by atoms with E-state index in [4.69, 9.17) is 17.3 Å². The third-order valence-electron chi connectivity index (χ3n) is 4.01. The molecule has 0 aliphatic heterocycles. The Kier molecular flexibility index (Phi) is 6.97. The van der Waals surface area contributed by atoms with Gasteiger partial charge in [-0.15, -0.1) is 5.10 Å². The van der Waals surface area contributed by atoms with Gasteiger partial charge in [0, 0.05) is 42.0 Å². The summed E-state index contributed by atoms with van der Waals surface area (Å²) in [6, 6.07) is 13.2. The second kappa shape index (κ2) is 9.84. The zero-order chi connectivity index (χ0) is 21.5. The molecule has 4 N–H and O–H groups in total. The Morgan fingerprint density at radius 2 is 1.87 bits per heavy atom. The summed E-state index contributed by atoms with van der Waals surface area (Å²) in [6.07, 6.45) is 1.68. The molecule has 0 saturated carbocycles. The highest BCUT2D eigenvalue weighted by atomic mass is 35.5. The number of nitrogen functional groups attached to an aromatic ring is 1. The van der Waals surface area contributed by atoms with Gasteiger partial charge in [-0.1, -0.05) is 11.6 Å². The molecule has 7 nitrogen and oxygen atoms in total. The van der Waals surface area contributed by atoms with Gasteiger partial charge in [-0.05, 0) is 42.5 Å². The topological polar surface area (TPSA) is 97.5 Å². The van der Waals surface area contributed by atoms with E-state index in [9.17, 15) is 8.78 Å². The first kappa shape index (κ1) is 21.3. The Labute approximate surface area is 176 Å². The van der Waals surface area contributed by atoms with Crippen LogP contribution >= 0.6 is 11.6 Å². The Morgan fingerprint density at radius 3 is 2.57 bits per heavy atom. The molecule has 0 saturated heterocycles. The number of alkyl halides is 2. The van der Waals surface area contributed by atoms with Crippen molar-refractivity contribution in [1.29, 1.82) is 0 Å². The smallest absolute Gasteiger partial charge is 0.387 e. The highest BCUT2D eigenvalue weighted by molar-refractivity contribution is 6.29. The van der Waals surface area contributed by atoms with Crippen molar-refractivity contribution >= 4 is 40.6 Å². The van der Waals surface area contributed by atoms with Crippen LogP contribution < -0.4 is 21.1 Å². The lowest BCUT2D eigenvalue weighted by Crippen LogP contribution is -2.08.